The summed E-state index contributed by atoms with van der Waals surface area (Å²) in [6.07, 6.45) is 0. The topological polar surface area (TPSA) is 76.7 Å². The van der Waals surface area contributed by atoms with Gasteiger partial charge in [-0.25, -0.2) is 0 Å². The number of amides is 2. The standard InChI is InChI=1S/C10H20N2O4/c1-3-15-8-10(14)12-5-7-16-6-4-11-9(2)13/h3-8H2,1-2H3,(H,11,13)(H,12,14). The van der Waals surface area contributed by atoms with Crippen molar-refractivity contribution in [2.45, 2.75) is 13.8 Å². The van der Waals surface area contributed by atoms with Crippen molar-refractivity contribution in [3.05, 3.63) is 0 Å². The molecule has 0 aliphatic carbocycles. The van der Waals surface area contributed by atoms with Crippen LogP contribution in [0.25, 0.3) is 0 Å². The molecule has 6 heteroatoms. The highest BCUT2D eigenvalue weighted by Crippen LogP contribution is 1.76. The molecular formula is C10H20N2O4. The first-order valence-corrected chi connectivity index (χ1v) is 5.33. The Labute approximate surface area is 95.7 Å². The molecule has 2 N–H and O–H groups in total. The first-order valence-electron chi connectivity index (χ1n) is 5.33. The van der Waals surface area contributed by atoms with Gasteiger partial charge < -0.3 is 20.1 Å². The lowest BCUT2D eigenvalue weighted by molar-refractivity contribution is -0.125. The lowest BCUT2D eigenvalue weighted by Crippen LogP contribution is -2.31. The van der Waals surface area contributed by atoms with Crippen LogP contribution in [-0.2, 0) is 19.1 Å². The van der Waals surface area contributed by atoms with E-state index in [1.165, 1.54) is 6.92 Å². The average molecular weight is 232 g/mol. The number of nitrogens with one attached hydrogen (secondary N) is 2. The minimum Gasteiger partial charge on any atom is -0.378 e. The monoisotopic (exact) mass is 232 g/mol. The van der Waals surface area contributed by atoms with Crippen LogP contribution < -0.4 is 10.6 Å². The summed E-state index contributed by atoms with van der Waals surface area (Å²) in [6.45, 7) is 5.71. The first-order chi connectivity index (χ1) is 7.66. The second-order valence-corrected chi connectivity index (χ2v) is 3.08. The van der Waals surface area contributed by atoms with E-state index in [0.29, 0.717) is 32.9 Å². The van der Waals surface area contributed by atoms with E-state index in [1.807, 2.05) is 6.92 Å². The number of carbonyl (C=O) groups is 2. The van der Waals surface area contributed by atoms with Crippen LogP contribution in [0.4, 0.5) is 0 Å². The fraction of sp³-hybridized carbons (Fsp3) is 0.800. The molecule has 6 nitrogen and oxygen atoms in total. The molecular weight excluding hydrogens is 212 g/mol. The molecule has 16 heavy (non-hydrogen) atoms. The number of hydrogen-bond acceptors (Lipinski definition) is 4. The zero-order valence-electron chi connectivity index (χ0n) is 9.88. The van der Waals surface area contributed by atoms with Gasteiger partial charge in [0, 0.05) is 26.6 Å². The molecule has 2 amide bonds. The molecule has 0 heterocycles. The molecule has 0 spiro atoms. The van der Waals surface area contributed by atoms with Gasteiger partial charge in [0.1, 0.15) is 6.61 Å². The Morgan fingerprint density at radius 1 is 1.06 bits per heavy atom. The predicted molar refractivity (Wildman–Crippen MR) is 59.0 cm³/mol. The third-order valence-corrected chi connectivity index (χ3v) is 1.63. The highest BCUT2D eigenvalue weighted by Gasteiger charge is 1.98. The normalized spacial score (nSPS) is 9.88. The average Bonchev–Trinajstić information content (AvgIpc) is 2.24. The molecule has 0 aromatic carbocycles. The SMILES string of the molecule is CCOCC(=O)NCCOCCNC(C)=O. The Morgan fingerprint density at radius 3 is 2.25 bits per heavy atom. The van der Waals surface area contributed by atoms with E-state index in [1.54, 1.807) is 0 Å². The molecule has 0 aromatic heterocycles. The van der Waals surface area contributed by atoms with E-state index < -0.39 is 0 Å². The molecule has 0 bridgehead atoms. The second-order valence-electron chi connectivity index (χ2n) is 3.08. The Hall–Kier alpha value is -1.14. The maximum Gasteiger partial charge on any atom is 0.246 e. The summed E-state index contributed by atoms with van der Waals surface area (Å²) in [4.78, 5) is 21.5. The van der Waals surface area contributed by atoms with Gasteiger partial charge in [0.2, 0.25) is 11.8 Å². The van der Waals surface area contributed by atoms with Crippen molar-refractivity contribution in [2.24, 2.45) is 0 Å². The van der Waals surface area contributed by atoms with Gasteiger partial charge in [0.25, 0.3) is 0 Å². The van der Waals surface area contributed by atoms with Crippen LogP contribution in [0.15, 0.2) is 0 Å². The van der Waals surface area contributed by atoms with Gasteiger partial charge in [0.05, 0.1) is 13.2 Å². The highest BCUT2D eigenvalue weighted by atomic mass is 16.5. The van der Waals surface area contributed by atoms with Crippen molar-refractivity contribution < 1.29 is 19.1 Å². The molecule has 94 valence electrons. The van der Waals surface area contributed by atoms with Gasteiger partial charge in [-0.15, -0.1) is 0 Å². The van der Waals surface area contributed by atoms with E-state index in [4.69, 9.17) is 9.47 Å². The van der Waals surface area contributed by atoms with Crippen molar-refractivity contribution in [2.75, 3.05) is 39.5 Å². The van der Waals surface area contributed by atoms with Crippen molar-refractivity contribution in [3.8, 4) is 0 Å². The van der Waals surface area contributed by atoms with Gasteiger partial charge in [-0.2, -0.15) is 0 Å². The van der Waals surface area contributed by atoms with Crippen molar-refractivity contribution in [1.82, 2.24) is 10.6 Å². The number of ether oxygens (including phenoxy) is 2. The first kappa shape index (κ1) is 14.9. The highest BCUT2D eigenvalue weighted by molar-refractivity contribution is 5.77. The van der Waals surface area contributed by atoms with Crippen LogP contribution >= 0.6 is 0 Å². The van der Waals surface area contributed by atoms with E-state index in [0.717, 1.165) is 0 Å². The maximum atomic E-state index is 11.0. The molecule has 0 fully saturated rings. The van der Waals surface area contributed by atoms with Crippen molar-refractivity contribution in [3.63, 3.8) is 0 Å². The Kier molecular flexibility index (Phi) is 9.64. The molecule has 0 aromatic rings. The van der Waals surface area contributed by atoms with Gasteiger partial charge in [0.15, 0.2) is 0 Å². The summed E-state index contributed by atoms with van der Waals surface area (Å²) < 4.78 is 10.1. The summed E-state index contributed by atoms with van der Waals surface area (Å²) in [5, 5.41) is 5.24. The fourth-order valence-corrected chi connectivity index (χ4v) is 0.910. The molecule has 0 atom stereocenters. The second kappa shape index (κ2) is 10.4. The lowest BCUT2D eigenvalue weighted by atomic mass is 10.5. The summed E-state index contributed by atoms with van der Waals surface area (Å²) in [6, 6.07) is 0. The molecule has 0 unspecified atom stereocenters. The molecule has 0 aliphatic heterocycles. The van der Waals surface area contributed by atoms with Crippen molar-refractivity contribution >= 4 is 11.8 Å². The van der Waals surface area contributed by atoms with Gasteiger partial charge in [-0.1, -0.05) is 0 Å². The van der Waals surface area contributed by atoms with Crippen LogP contribution in [0, 0.1) is 0 Å². The van der Waals surface area contributed by atoms with E-state index in [2.05, 4.69) is 10.6 Å². The summed E-state index contributed by atoms with van der Waals surface area (Å²) >= 11 is 0. The van der Waals surface area contributed by atoms with E-state index >= 15 is 0 Å². The summed E-state index contributed by atoms with van der Waals surface area (Å²) in [5.74, 6) is -0.221. The molecule has 0 radical (unpaired) electrons. The summed E-state index contributed by atoms with van der Waals surface area (Å²) in [5.41, 5.74) is 0. The lowest BCUT2D eigenvalue weighted by Gasteiger charge is -2.06. The molecule has 0 aliphatic rings. The zero-order chi connectivity index (χ0) is 12.2. The fourth-order valence-electron chi connectivity index (χ4n) is 0.910. The third kappa shape index (κ3) is 10.9. The van der Waals surface area contributed by atoms with Crippen LogP contribution in [0.2, 0.25) is 0 Å². The van der Waals surface area contributed by atoms with E-state index in [9.17, 15) is 9.59 Å². The Balaban J connectivity index is 3.14. The number of hydrogen-bond donors (Lipinski definition) is 2. The quantitative estimate of drug-likeness (QED) is 0.515. The molecule has 0 rings (SSSR count). The maximum absolute atomic E-state index is 11.0. The van der Waals surface area contributed by atoms with Crippen LogP contribution in [0.3, 0.4) is 0 Å². The smallest absolute Gasteiger partial charge is 0.246 e. The predicted octanol–water partition coefficient (Wildman–Crippen LogP) is -0.708. The van der Waals surface area contributed by atoms with Crippen molar-refractivity contribution in [1.29, 1.82) is 0 Å². The number of carbonyl (C=O) groups excluding carboxylic acids is 2. The van der Waals surface area contributed by atoms with Crippen LogP contribution in [0.1, 0.15) is 13.8 Å². The van der Waals surface area contributed by atoms with Crippen LogP contribution in [0.5, 0.6) is 0 Å². The minimum atomic E-state index is -0.146. The molecule has 0 saturated heterocycles. The van der Waals surface area contributed by atoms with Crippen LogP contribution in [-0.4, -0.2) is 51.3 Å². The zero-order valence-corrected chi connectivity index (χ0v) is 9.88. The minimum absolute atomic E-state index is 0.0754. The largest absolute Gasteiger partial charge is 0.378 e. The molecule has 0 saturated carbocycles. The Morgan fingerprint density at radius 2 is 1.69 bits per heavy atom. The van der Waals surface area contributed by atoms with E-state index in [-0.39, 0.29) is 18.4 Å². The third-order valence-electron chi connectivity index (χ3n) is 1.63. The summed E-state index contributed by atoms with van der Waals surface area (Å²) in [7, 11) is 0. The Bertz CT molecular complexity index is 209. The number of rotatable bonds is 9. The van der Waals surface area contributed by atoms with Gasteiger partial charge >= 0.3 is 0 Å². The van der Waals surface area contributed by atoms with Gasteiger partial charge in [-0.3, -0.25) is 9.59 Å². The van der Waals surface area contributed by atoms with Gasteiger partial charge in [-0.05, 0) is 6.92 Å².